The van der Waals surface area contributed by atoms with Gasteiger partial charge in [-0.2, -0.15) is 26.3 Å². The highest BCUT2D eigenvalue weighted by molar-refractivity contribution is 9.11. The fourth-order valence-corrected chi connectivity index (χ4v) is 8.04. The highest BCUT2D eigenvalue weighted by Crippen LogP contribution is 2.57. The SMILES string of the molecule is O=C(O)c1ccc(Oc2c(Br)cc(C(C(F)C(F)F)C(F)C(F)(F)C(F)(F)C(F)(F)c3cc(Br)c(Oc4ccc(C(=O)O)c(C(=O)O)c4)c(Br)c3)cc2Br)cc1C(=O)O. The van der Waals surface area contributed by atoms with Gasteiger partial charge in [-0.3, -0.25) is 0 Å². The molecule has 0 aliphatic rings. The van der Waals surface area contributed by atoms with Gasteiger partial charge in [0.2, 0.25) is 0 Å². The molecule has 4 N–H and O–H groups in total. The van der Waals surface area contributed by atoms with Crippen LogP contribution in [0.2, 0.25) is 0 Å². The van der Waals surface area contributed by atoms with Crippen molar-refractivity contribution in [2.45, 2.75) is 42.5 Å². The maximum absolute atomic E-state index is 15.8. The van der Waals surface area contributed by atoms with Crippen LogP contribution in [0, 0.1) is 0 Å². The molecule has 0 saturated carbocycles. The second-order valence-corrected chi connectivity index (χ2v) is 15.3. The van der Waals surface area contributed by atoms with Crippen LogP contribution < -0.4 is 9.47 Å². The van der Waals surface area contributed by atoms with E-state index in [-0.39, 0.29) is 12.1 Å². The lowest BCUT2D eigenvalue weighted by atomic mass is 9.83. The van der Waals surface area contributed by atoms with E-state index in [1.807, 2.05) is 0 Å². The van der Waals surface area contributed by atoms with Crippen LogP contribution >= 0.6 is 63.7 Å². The average Bonchev–Trinajstić information content (AvgIpc) is 3.13. The molecule has 0 radical (unpaired) electrons. The number of aromatic carboxylic acids is 4. The molecular formula is C35H18Br4F10O10. The molecule has 0 aromatic heterocycles. The number of ether oxygens (including phenoxy) is 2. The van der Waals surface area contributed by atoms with Gasteiger partial charge >= 0.3 is 41.6 Å². The molecule has 316 valence electrons. The van der Waals surface area contributed by atoms with E-state index in [4.69, 9.17) is 9.47 Å². The monoisotopic (exact) mass is 1100 g/mol. The summed E-state index contributed by atoms with van der Waals surface area (Å²) in [6, 6.07) is 6.10. The van der Waals surface area contributed by atoms with Gasteiger partial charge in [0.25, 0.3) is 6.43 Å². The Balaban J connectivity index is 1.72. The third kappa shape index (κ3) is 9.33. The van der Waals surface area contributed by atoms with Crippen molar-refractivity contribution in [3.8, 4) is 23.0 Å². The molecule has 0 spiro atoms. The fourth-order valence-electron chi connectivity index (χ4n) is 5.30. The molecule has 10 nitrogen and oxygen atoms in total. The first kappa shape index (κ1) is 47.3. The minimum atomic E-state index is -6.81. The molecule has 0 aliphatic carbocycles. The Kier molecular flexibility index (Phi) is 14.1. The maximum atomic E-state index is 15.8. The second kappa shape index (κ2) is 17.7. The van der Waals surface area contributed by atoms with Crippen LogP contribution in [0.3, 0.4) is 0 Å². The first-order chi connectivity index (χ1) is 27.1. The summed E-state index contributed by atoms with van der Waals surface area (Å²) < 4.78 is 160. The van der Waals surface area contributed by atoms with Gasteiger partial charge in [0.05, 0.1) is 46.1 Å². The summed E-state index contributed by atoms with van der Waals surface area (Å²) in [5.41, 5.74) is -6.10. The number of hydrogen-bond donors (Lipinski definition) is 4. The molecule has 0 aliphatic heterocycles. The van der Waals surface area contributed by atoms with Gasteiger partial charge in [0.1, 0.15) is 11.5 Å². The zero-order chi connectivity index (χ0) is 44.7. The van der Waals surface area contributed by atoms with E-state index in [0.717, 1.165) is 30.3 Å². The van der Waals surface area contributed by atoms with E-state index in [1.165, 1.54) is 0 Å². The highest BCUT2D eigenvalue weighted by atomic mass is 79.9. The van der Waals surface area contributed by atoms with E-state index in [1.54, 1.807) is 0 Å². The molecule has 0 saturated heterocycles. The molecule has 0 heterocycles. The van der Waals surface area contributed by atoms with Gasteiger partial charge in [-0.25, -0.2) is 36.7 Å². The molecule has 3 atom stereocenters. The maximum Gasteiger partial charge on any atom is 0.379 e. The minimum absolute atomic E-state index is 0.122. The molecule has 0 bridgehead atoms. The van der Waals surface area contributed by atoms with Crippen LogP contribution in [0.15, 0.2) is 78.6 Å². The van der Waals surface area contributed by atoms with Crippen LogP contribution in [0.5, 0.6) is 23.0 Å². The molecule has 4 aromatic rings. The van der Waals surface area contributed by atoms with Gasteiger partial charge in [-0.1, -0.05) is 0 Å². The number of alkyl halides is 10. The van der Waals surface area contributed by atoms with Crippen LogP contribution in [-0.4, -0.2) is 74.9 Å². The number of rotatable bonds is 16. The van der Waals surface area contributed by atoms with Crippen molar-refractivity contribution in [2.24, 2.45) is 0 Å². The zero-order valence-electron chi connectivity index (χ0n) is 28.1. The summed E-state index contributed by atoms with van der Waals surface area (Å²) in [6.07, 6.45) is -13.2. The number of carboxylic acid groups (broad SMARTS) is 4. The summed E-state index contributed by atoms with van der Waals surface area (Å²) in [6.45, 7) is 0. The summed E-state index contributed by atoms with van der Waals surface area (Å²) in [4.78, 5) is 45.7. The van der Waals surface area contributed by atoms with Crippen LogP contribution in [0.1, 0.15) is 58.5 Å². The molecule has 4 aromatic carbocycles. The minimum Gasteiger partial charge on any atom is -0.478 e. The first-order valence-corrected chi connectivity index (χ1v) is 18.6. The van der Waals surface area contributed by atoms with Gasteiger partial charge in [-0.15, -0.1) is 0 Å². The van der Waals surface area contributed by atoms with E-state index in [0.29, 0.717) is 18.2 Å². The van der Waals surface area contributed by atoms with Crippen molar-refractivity contribution >= 4 is 87.6 Å². The zero-order valence-corrected chi connectivity index (χ0v) is 34.5. The molecule has 0 amide bonds. The molecule has 59 heavy (non-hydrogen) atoms. The summed E-state index contributed by atoms with van der Waals surface area (Å²) >= 11 is 11.1. The van der Waals surface area contributed by atoms with E-state index in [9.17, 15) is 48.4 Å². The smallest absolute Gasteiger partial charge is 0.379 e. The number of carbonyl (C=O) groups is 4. The second-order valence-electron chi connectivity index (χ2n) is 11.9. The van der Waals surface area contributed by atoms with Crippen molar-refractivity contribution in [2.75, 3.05) is 0 Å². The lowest BCUT2D eigenvalue weighted by Gasteiger charge is -2.38. The van der Waals surface area contributed by atoms with Crippen molar-refractivity contribution in [3.05, 3.63) is 112 Å². The predicted molar refractivity (Wildman–Crippen MR) is 197 cm³/mol. The van der Waals surface area contributed by atoms with Crippen LogP contribution in [0.25, 0.3) is 0 Å². The largest absolute Gasteiger partial charge is 0.478 e. The van der Waals surface area contributed by atoms with Crippen LogP contribution in [0.4, 0.5) is 43.9 Å². The Hall–Kier alpha value is -4.42. The number of hydrogen-bond acceptors (Lipinski definition) is 6. The Morgan fingerprint density at radius 3 is 1.24 bits per heavy atom. The number of benzene rings is 4. The van der Waals surface area contributed by atoms with Crippen LogP contribution in [-0.2, 0) is 5.92 Å². The summed E-state index contributed by atoms with van der Waals surface area (Å²) in [7, 11) is 0. The van der Waals surface area contributed by atoms with Crippen molar-refractivity contribution in [3.63, 3.8) is 0 Å². The molecule has 24 heteroatoms. The Morgan fingerprint density at radius 2 is 0.898 bits per heavy atom. The predicted octanol–water partition coefficient (Wildman–Crippen LogP) is 12.2. The Labute approximate surface area is 356 Å². The molecule has 4 rings (SSSR count). The standard InChI is InChI=1S/C35H18Br4F10O10/c36-19-5-11(6-20(37)25(19)58-13-1-3-15(29(50)51)17(9-13)31(54)55)23(24(40)28(42)43)27(41)34(46,47)35(48,49)33(44,45)12-7-21(38)26(22(39)8-12)59-14-2-4-16(30(52)53)18(10-14)32(56)57/h1-10,23-24,27-28H,(H,50,51)(H,52,53)(H,54,55)(H,56,57). The van der Waals surface area contributed by atoms with Crippen molar-refractivity contribution in [1.29, 1.82) is 0 Å². The van der Waals surface area contributed by atoms with E-state index in [2.05, 4.69) is 63.7 Å². The quantitative estimate of drug-likeness (QED) is 0.0793. The molecule has 0 fully saturated rings. The van der Waals surface area contributed by atoms with E-state index >= 15 is 35.1 Å². The Bertz CT molecular complexity index is 2300. The van der Waals surface area contributed by atoms with E-state index < -0.39 is 141 Å². The fraction of sp³-hybridized carbons (Fsp3) is 0.200. The molecular weight excluding hydrogens is 1090 g/mol. The first-order valence-electron chi connectivity index (χ1n) is 15.4. The Morgan fingerprint density at radius 1 is 0.542 bits per heavy atom. The van der Waals surface area contributed by atoms with Gasteiger partial charge in [0.15, 0.2) is 23.8 Å². The summed E-state index contributed by atoms with van der Waals surface area (Å²) in [5, 5.41) is 37.1. The summed E-state index contributed by atoms with van der Waals surface area (Å²) in [5.74, 6) is -31.7. The van der Waals surface area contributed by atoms with Gasteiger partial charge in [-0.05, 0) is 130 Å². The third-order valence-electron chi connectivity index (χ3n) is 8.17. The van der Waals surface area contributed by atoms with Crippen molar-refractivity contribution in [1.82, 2.24) is 0 Å². The number of carboxylic acids is 4. The van der Waals surface area contributed by atoms with Gasteiger partial charge < -0.3 is 29.9 Å². The van der Waals surface area contributed by atoms with Crippen molar-refractivity contribution < 1.29 is 93.0 Å². The van der Waals surface area contributed by atoms with Gasteiger partial charge in [0, 0.05) is 5.56 Å². The lowest BCUT2D eigenvalue weighted by molar-refractivity contribution is -0.333. The number of halogens is 14. The third-order valence-corrected chi connectivity index (χ3v) is 10.5. The highest BCUT2D eigenvalue weighted by Gasteiger charge is 2.76. The molecule has 3 unspecified atom stereocenters. The average molecular weight is 1110 g/mol. The lowest BCUT2D eigenvalue weighted by Crippen LogP contribution is -2.59. The topological polar surface area (TPSA) is 168 Å². The normalized spacial score (nSPS) is 13.7.